The van der Waals surface area contributed by atoms with E-state index in [0.29, 0.717) is 17.9 Å². The summed E-state index contributed by atoms with van der Waals surface area (Å²) in [7, 11) is 3.98. The molecule has 0 heterocycles. The number of aliphatic hydroxyl groups excluding tert-OH is 2. The number of hydrogen-bond acceptors (Lipinski definition) is 6. The van der Waals surface area contributed by atoms with Crippen molar-refractivity contribution in [3.8, 4) is 0 Å². The van der Waals surface area contributed by atoms with Gasteiger partial charge in [-0.15, -0.1) is 0 Å². The van der Waals surface area contributed by atoms with E-state index in [2.05, 4.69) is 5.32 Å². The molecule has 0 aliphatic carbocycles. The van der Waals surface area contributed by atoms with E-state index < -0.39 is 6.10 Å². The monoisotopic (exact) mass is 330 g/mol. The highest BCUT2D eigenvalue weighted by Crippen LogP contribution is 2.26. The van der Waals surface area contributed by atoms with Gasteiger partial charge in [0.05, 0.1) is 12.7 Å². The molecular formula is C18H26N4O2. The number of aliphatic hydroxyl groups is 2. The molecule has 0 spiro atoms. The second-order valence-corrected chi connectivity index (χ2v) is 6.04. The summed E-state index contributed by atoms with van der Waals surface area (Å²) < 4.78 is 0. The Bertz CT molecular complexity index is 689. The van der Waals surface area contributed by atoms with Gasteiger partial charge in [-0.3, -0.25) is 0 Å². The minimum atomic E-state index is -0.857. The van der Waals surface area contributed by atoms with E-state index in [0.717, 1.165) is 22.5 Å². The Morgan fingerprint density at radius 3 is 2.38 bits per heavy atom. The van der Waals surface area contributed by atoms with E-state index >= 15 is 0 Å². The van der Waals surface area contributed by atoms with Gasteiger partial charge in [0.1, 0.15) is 0 Å². The summed E-state index contributed by atoms with van der Waals surface area (Å²) in [5.41, 5.74) is 17.0. The van der Waals surface area contributed by atoms with Crippen molar-refractivity contribution in [2.75, 3.05) is 42.4 Å². The number of nitrogens with zero attached hydrogens (tertiary/aromatic N) is 1. The zero-order valence-electron chi connectivity index (χ0n) is 14.2. The molecule has 24 heavy (non-hydrogen) atoms. The maximum Gasteiger partial charge on any atom is 0.0812 e. The number of rotatable bonds is 7. The molecule has 1 unspecified atom stereocenters. The normalized spacial score (nSPS) is 12.0. The second-order valence-electron chi connectivity index (χ2n) is 6.04. The summed E-state index contributed by atoms with van der Waals surface area (Å²) in [5, 5.41) is 22.2. The number of anilines is 4. The highest BCUT2D eigenvalue weighted by atomic mass is 16.3. The summed E-state index contributed by atoms with van der Waals surface area (Å²) in [6, 6.07) is 11.5. The average molecular weight is 330 g/mol. The van der Waals surface area contributed by atoms with Crippen LogP contribution in [0.4, 0.5) is 22.7 Å². The van der Waals surface area contributed by atoms with Crippen molar-refractivity contribution in [3.63, 3.8) is 0 Å². The van der Waals surface area contributed by atoms with Gasteiger partial charge in [-0.2, -0.15) is 0 Å². The molecule has 7 N–H and O–H groups in total. The standard InChI is InChI=1S/C18H26N4O2/c1-22(2)13-5-3-4-12(8-13)21-10-16-15(9-14(24)11-23)17(19)6-7-18(16)20/h3-8,14,21,23-24H,9-11,19-20H2,1-2H3. The first-order valence-corrected chi connectivity index (χ1v) is 7.88. The van der Waals surface area contributed by atoms with Crippen molar-refractivity contribution < 1.29 is 10.2 Å². The van der Waals surface area contributed by atoms with Gasteiger partial charge in [-0.05, 0) is 41.5 Å². The minimum Gasteiger partial charge on any atom is -0.398 e. The van der Waals surface area contributed by atoms with E-state index in [4.69, 9.17) is 16.6 Å². The molecule has 6 heteroatoms. The topological polar surface area (TPSA) is 108 Å². The molecule has 2 aromatic carbocycles. The Labute approximate surface area is 142 Å². The van der Waals surface area contributed by atoms with E-state index in [1.807, 2.05) is 43.3 Å². The van der Waals surface area contributed by atoms with Gasteiger partial charge in [-0.1, -0.05) is 6.07 Å². The molecule has 0 bridgehead atoms. The van der Waals surface area contributed by atoms with E-state index in [1.165, 1.54) is 0 Å². The SMILES string of the molecule is CN(C)c1cccc(NCc2c(N)ccc(N)c2CC(O)CO)c1. The number of nitrogens with one attached hydrogen (secondary N) is 1. The molecule has 130 valence electrons. The molecule has 0 saturated heterocycles. The highest BCUT2D eigenvalue weighted by Gasteiger charge is 2.14. The first kappa shape index (κ1) is 17.9. The van der Waals surface area contributed by atoms with Crippen LogP contribution in [0.15, 0.2) is 36.4 Å². The van der Waals surface area contributed by atoms with Gasteiger partial charge < -0.3 is 31.9 Å². The predicted molar refractivity (Wildman–Crippen MR) is 100 cm³/mol. The van der Waals surface area contributed by atoms with Gasteiger partial charge in [0, 0.05) is 49.8 Å². The Kier molecular flexibility index (Phi) is 5.89. The van der Waals surface area contributed by atoms with Gasteiger partial charge in [-0.25, -0.2) is 0 Å². The van der Waals surface area contributed by atoms with Crippen molar-refractivity contribution in [1.82, 2.24) is 0 Å². The van der Waals surface area contributed by atoms with Crippen LogP contribution in [0.2, 0.25) is 0 Å². The van der Waals surface area contributed by atoms with Crippen LogP contribution in [0, 0.1) is 0 Å². The first-order valence-electron chi connectivity index (χ1n) is 7.88. The fourth-order valence-corrected chi connectivity index (χ4v) is 2.56. The third-order valence-corrected chi connectivity index (χ3v) is 3.99. The summed E-state index contributed by atoms with van der Waals surface area (Å²) in [4.78, 5) is 2.03. The van der Waals surface area contributed by atoms with Crippen LogP contribution in [-0.4, -0.2) is 37.0 Å². The van der Waals surface area contributed by atoms with Crippen LogP contribution in [0.25, 0.3) is 0 Å². The average Bonchev–Trinajstić information content (AvgIpc) is 2.57. The summed E-state index contributed by atoms with van der Waals surface area (Å²) in [6.45, 7) is 0.174. The van der Waals surface area contributed by atoms with Crippen LogP contribution in [0.3, 0.4) is 0 Å². The molecule has 0 radical (unpaired) electrons. The lowest BCUT2D eigenvalue weighted by Gasteiger charge is -2.19. The molecule has 2 rings (SSSR count). The van der Waals surface area contributed by atoms with Crippen LogP contribution in [0.1, 0.15) is 11.1 Å². The van der Waals surface area contributed by atoms with Crippen molar-refractivity contribution in [2.24, 2.45) is 0 Å². The van der Waals surface area contributed by atoms with Crippen molar-refractivity contribution >= 4 is 22.7 Å². The number of nitrogen functional groups attached to an aromatic ring is 2. The third-order valence-electron chi connectivity index (χ3n) is 3.99. The molecule has 6 nitrogen and oxygen atoms in total. The molecule has 0 amide bonds. The number of hydrogen-bond donors (Lipinski definition) is 5. The van der Waals surface area contributed by atoms with Crippen LogP contribution < -0.4 is 21.7 Å². The van der Waals surface area contributed by atoms with E-state index in [1.54, 1.807) is 12.1 Å². The smallest absolute Gasteiger partial charge is 0.0812 e. The van der Waals surface area contributed by atoms with E-state index in [-0.39, 0.29) is 13.0 Å². The molecular weight excluding hydrogens is 304 g/mol. The lowest BCUT2D eigenvalue weighted by atomic mass is 9.98. The van der Waals surface area contributed by atoms with Crippen LogP contribution in [-0.2, 0) is 13.0 Å². The minimum absolute atomic E-state index is 0.266. The Hall–Kier alpha value is -2.44. The summed E-state index contributed by atoms with van der Waals surface area (Å²) in [6.07, 6.45) is -0.591. The van der Waals surface area contributed by atoms with Crippen molar-refractivity contribution in [1.29, 1.82) is 0 Å². The second kappa shape index (κ2) is 7.90. The third kappa shape index (κ3) is 4.31. The molecule has 0 fully saturated rings. The first-order chi connectivity index (χ1) is 11.4. The van der Waals surface area contributed by atoms with Crippen molar-refractivity contribution in [3.05, 3.63) is 47.5 Å². The maximum absolute atomic E-state index is 9.76. The molecule has 0 aromatic heterocycles. The Morgan fingerprint density at radius 1 is 1.08 bits per heavy atom. The Balaban J connectivity index is 2.23. The van der Waals surface area contributed by atoms with Gasteiger partial charge >= 0.3 is 0 Å². The van der Waals surface area contributed by atoms with Crippen LogP contribution in [0.5, 0.6) is 0 Å². The molecule has 1 atom stereocenters. The fraction of sp³-hybridized carbons (Fsp3) is 0.333. The zero-order valence-corrected chi connectivity index (χ0v) is 14.2. The quantitative estimate of drug-likeness (QED) is 0.492. The number of nitrogens with two attached hydrogens (primary N) is 2. The molecule has 0 aliphatic rings. The van der Waals surface area contributed by atoms with Gasteiger partial charge in [0.25, 0.3) is 0 Å². The molecule has 0 aliphatic heterocycles. The highest BCUT2D eigenvalue weighted by molar-refractivity contribution is 5.64. The molecule has 2 aromatic rings. The predicted octanol–water partition coefficient (Wildman–Crippen LogP) is 1.42. The van der Waals surface area contributed by atoms with Crippen LogP contribution >= 0.6 is 0 Å². The largest absolute Gasteiger partial charge is 0.398 e. The Morgan fingerprint density at radius 2 is 1.75 bits per heavy atom. The van der Waals surface area contributed by atoms with E-state index in [9.17, 15) is 5.11 Å². The molecule has 0 saturated carbocycles. The lowest BCUT2D eigenvalue weighted by Crippen LogP contribution is -2.19. The summed E-state index contributed by atoms with van der Waals surface area (Å²) in [5.74, 6) is 0. The van der Waals surface area contributed by atoms with Gasteiger partial charge in [0.15, 0.2) is 0 Å². The fourth-order valence-electron chi connectivity index (χ4n) is 2.56. The van der Waals surface area contributed by atoms with Gasteiger partial charge in [0.2, 0.25) is 0 Å². The maximum atomic E-state index is 9.76. The summed E-state index contributed by atoms with van der Waals surface area (Å²) >= 11 is 0. The van der Waals surface area contributed by atoms with Crippen molar-refractivity contribution in [2.45, 2.75) is 19.1 Å². The zero-order chi connectivity index (χ0) is 17.7. The number of benzene rings is 2. The lowest BCUT2D eigenvalue weighted by molar-refractivity contribution is 0.0955.